The Bertz CT molecular complexity index is 751. The molecule has 0 unspecified atom stereocenters. The van der Waals surface area contributed by atoms with Gasteiger partial charge in [0.1, 0.15) is 0 Å². The van der Waals surface area contributed by atoms with Gasteiger partial charge < -0.3 is 15.3 Å². The Kier molecular flexibility index (Phi) is 2.49. The molecule has 19 heavy (non-hydrogen) atoms. The minimum atomic E-state index is -0.263. The normalized spacial score (nSPS) is 10.7. The van der Waals surface area contributed by atoms with E-state index in [1.165, 1.54) is 18.2 Å². The van der Waals surface area contributed by atoms with Crippen molar-refractivity contribution in [3.8, 4) is 28.6 Å². The van der Waals surface area contributed by atoms with Gasteiger partial charge in [-0.2, -0.15) is 0 Å². The van der Waals surface area contributed by atoms with Crippen molar-refractivity contribution in [2.75, 3.05) is 0 Å². The Morgan fingerprint density at radius 2 is 1.37 bits per heavy atom. The Labute approximate surface area is 108 Å². The number of phenolic OH excluding ortho intramolecular Hbond substituents is 2. The molecule has 1 heterocycles. The highest BCUT2D eigenvalue weighted by Crippen LogP contribution is 2.37. The average Bonchev–Trinajstić information content (AvgIpc) is 2.41. The maximum absolute atomic E-state index is 9.98. The van der Waals surface area contributed by atoms with Gasteiger partial charge >= 0.3 is 11.3 Å². The molecule has 0 saturated carbocycles. The Morgan fingerprint density at radius 1 is 0.737 bits per heavy atom. The fraction of sp³-hybridized carbons (Fsp3) is 0. The molecule has 0 aliphatic carbocycles. The van der Waals surface area contributed by atoms with Crippen molar-refractivity contribution < 1.29 is 19.7 Å². The molecule has 3 rings (SSSR count). The summed E-state index contributed by atoms with van der Waals surface area (Å²) >= 11 is 0. The van der Waals surface area contributed by atoms with Gasteiger partial charge in [0, 0.05) is 12.1 Å². The number of aromatic hydroxyl groups is 3. The Hall–Kier alpha value is -2.75. The van der Waals surface area contributed by atoms with E-state index in [1.807, 2.05) is 30.3 Å². The van der Waals surface area contributed by atoms with E-state index in [0.717, 1.165) is 5.56 Å². The lowest BCUT2D eigenvalue weighted by Gasteiger charge is -1.98. The smallest absolute Gasteiger partial charge is 0.401 e. The molecule has 0 radical (unpaired) electrons. The minimum Gasteiger partial charge on any atom is -0.504 e. The lowest BCUT2D eigenvalue weighted by molar-refractivity contribution is 0.403. The standard InChI is InChI=1S/C15H10O4/c16-11-6-10-7-13(18)15(9-4-2-1-3-5-9)19-14(10)8-12(11)17/h1-8H,(H2-,16,17,18)/p+1. The van der Waals surface area contributed by atoms with Gasteiger partial charge in [-0.1, -0.05) is 18.2 Å². The monoisotopic (exact) mass is 255 g/mol. The predicted octanol–water partition coefficient (Wildman–Crippen LogP) is 3.50. The van der Waals surface area contributed by atoms with Crippen LogP contribution in [0.1, 0.15) is 0 Å². The summed E-state index contributed by atoms with van der Waals surface area (Å²) in [7, 11) is 0. The Morgan fingerprint density at radius 3 is 2.11 bits per heavy atom. The van der Waals surface area contributed by atoms with Crippen molar-refractivity contribution in [3.05, 3.63) is 48.5 Å². The van der Waals surface area contributed by atoms with Crippen LogP contribution in [0.3, 0.4) is 0 Å². The van der Waals surface area contributed by atoms with Gasteiger partial charge in [0.25, 0.3) is 0 Å². The van der Waals surface area contributed by atoms with Gasteiger partial charge in [-0.3, -0.25) is 0 Å². The molecule has 0 spiro atoms. The first-order valence-corrected chi connectivity index (χ1v) is 5.72. The summed E-state index contributed by atoms with van der Waals surface area (Å²) in [4.78, 5) is 0. The van der Waals surface area contributed by atoms with Gasteiger partial charge in [-0.25, -0.2) is 4.42 Å². The fourth-order valence-corrected chi connectivity index (χ4v) is 1.95. The summed E-state index contributed by atoms with van der Waals surface area (Å²) in [5.41, 5.74) is 1.11. The maximum Gasteiger partial charge on any atom is 0.401 e. The van der Waals surface area contributed by atoms with Crippen molar-refractivity contribution in [2.24, 2.45) is 0 Å². The molecule has 0 aliphatic rings. The maximum atomic E-state index is 9.98. The molecule has 4 heteroatoms. The summed E-state index contributed by atoms with van der Waals surface area (Å²) in [6.45, 7) is 0. The molecular weight excluding hydrogens is 244 g/mol. The molecule has 3 aromatic rings. The zero-order valence-electron chi connectivity index (χ0n) is 9.87. The number of benzene rings is 2. The predicted molar refractivity (Wildman–Crippen MR) is 71.1 cm³/mol. The minimum absolute atomic E-state index is 0.0243. The first-order valence-electron chi connectivity index (χ1n) is 5.72. The van der Waals surface area contributed by atoms with Crippen molar-refractivity contribution in [3.63, 3.8) is 0 Å². The molecule has 0 saturated heterocycles. The van der Waals surface area contributed by atoms with Crippen LogP contribution < -0.4 is 0 Å². The Balaban J connectivity index is 2.27. The van der Waals surface area contributed by atoms with E-state index < -0.39 is 0 Å². The third-order valence-corrected chi connectivity index (χ3v) is 2.88. The first kappa shape index (κ1) is 11.3. The van der Waals surface area contributed by atoms with Crippen LogP contribution >= 0.6 is 0 Å². The molecule has 2 aromatic carbocycles. The second-order valence-electron chi connectivity index (χ2n) is 4.21. The van der Waals surface area contributed by atoms with Gasteiger partial charge in [0.15, 0.2) is 11.5 Å². The van der Waals surface area contributed by atoms with Crippen LogP contribution in [0.4, 0.5) is 0 Å². The summed E-state index contributed by atoms with van der Waals surface area (Å²) in [6.07, 6.45) is 0. The summed E-state index contributed by atoms with van der Waals surface area (Å²) in [5.74, 6) is -0.225. The van der Waals surface area contributed by atoms with Crippen molar-refractivity contribution in [1.29, 1.82) is 0 Å². The van der Waals surface area contributed by atoms with E-state index >= 15 is 0 Å². The van der Waals surface area contributed by atoms with Crippen molar-refractivity contribution >= 4 is 11.0 Å². The second-order valence-corrected chi connectivity index (χ2v) is 4.21. The molecule has 0 aliphatic heterocycles. The summed E-state index contributed by atoms with van der Waals surface area (Å²) in [6, 6.07) is 13.3. The molecular formula is C15H11O4+. The van der Waals surface area contributed by atoms with Crippen LogP contribution in [0.2, 0.25) is 0 Å². The number of phenols is 2. The van der Waals surface area contributed by atoms with E-state index in [9.17, 15) is 15.3 Å². The molecule has 3 N–H and O–H groups in total. The van der Waals surface area contributed by atoms with Crippen molar-refractivity contribution in [2.45, 2.75) is 0 Å². The quantitative estimate of drug-likeness (QED) is 0.459. The van der Waals surface area contributed by atoms with Gasteiger partial charge in [-0.05, 0) is 12.1 Å². The number of rotatable bonds is 1. The van der Waals surface area contributed by atoms with Gasteiger partial charge in [-0.15, -0.1) is 0 Å². The summed E-state index contributed by atoms with van der Waals surface area (Å²) < 4.78 is 5.59. The van der Waals surface area contributed by atoms with E-state index in [1.54, 1.807) is 0 Å². The molecule has 94 valence electrons. The number of hydrogen-bond donors (Lipinski definition) is 3. The SMILES string of the molecule is Oc1cc2cc(O)c(-c3ccccc3)[o+]c2cc1O. The zero-order valence-corrected chi connectivity index (χ0v) is 9.87. The van der Waals surface area contributed by atoms with Gasteiger partial charge in [0.05, 0.1) is 17.0 Å². The highest BCUT2D eigenvalue weighted by molar-refractivity contribution is 5.84. The molecule has 0 bridgehead atoms. The van der Waals surface area contributed by atoms with E-state index in [4.69, 9.17) is 4.42 Å². The largest absolute Gasteiger partial charge is 0.504 e. The highest BCUT2D eigenvalue weighted by Gasteiger charge is 2.22. The lowest BCUT2D eigenvalue weighted by Crippen LogP contribution is -1.81. The second kappa shape index (κ2) is 4.17. The topological polar surface area (TPSA) is 72.0 Å². The van der Waals surface area contributed by atoms with Crippen LogP contribution in [-0.2, 0) is 0 Å². The van der Waals surface area contributed by atoms with E-state index in [-0.39, 0.29) is 17.2 Å². The van der Waals surface area contributed by atoms with Crippen LogP contribution in [0.25, 0.3) is 22.3 Å². The average molecular weight is 255 g/mol. The first-order chi connectivity index (χ1) is 9.15. The van der Waals surface area contributed by atoms with E-state index in [2.05, 4.69) is 0 Å². The number of hydrogen-bond acceptors (Lipinski definition) is 3. The molecule has 0 atom stereocenters. The zero-order chi connectivity index (χ0) is 13.4. The van der Waals surface area contributed by atoms with Crippen LogP contribution in [-0.4, -0.2) is 15.3 Å². The molecule has 1 aromatic heterocycles. The van der Waals surface area contributed by atoms with Crippen LogP contribution in [0, 0.1) is 0 Å². The fourth-order valence-electron chi connectivity index (χ4n) is 1.95. The summed E-state index contributed by atoms with van der Waals surface area (Å²) in [5, 5.41) is 29.4. The highest BCUT2D eigenvalue weighted by atomic mass is 16.4. The van der Waals surface area contributed by atoms with Gasteiger partial charge in [0.2, 0.25) is 5.75 Å². The molecule has 4 nitrogen and oxygen atoms in total. The van der Waals surface area contributed by atoms with Crippen LogP contribution in [0.15, 0.2) is 52.9 Å². The van der Waals surface area contributed by atoms with E-state index in [0.29, 0.717) is 16.7 Å². The lowest BCUT2D eigenvalue weighted by atomic mass is 10.1. The van der Waals surface area contributed by atoms with Crippen molar-refractivity contribution in [1.82, 2.24) is 0 Å². The third-order valence-electron chi connectivity index (χ3n) is 2.88. The number of fused-ring (bicyclic) bond motifs is 1. The molecule has 0 amide bonds. The molecule has 0 fully saturated rings. The third kappa shape index (κ3) is 1.93. The van der Waals surface area contributed by atoms with Crippen LogP contribution in [0.5, 0.6) is 17.2 Å².